The minimum atomic E-state index is 0.774. The maximum atomic E-state index is 6.19. The first-order valence-corrected chi connectivity index (χ1v) is 6.29. The van der Waals surface area contributed by atoms with E-state index >= 15 is 0 Å². The van der Waals surface area contributed by atoms with Crippen LogP contribution in [0, 0.1) is 13.8 Å². The summed E-state index contributed by atoms with van der Waals surface area (Å²) in [7, 11) is 0. The lowest BCUT2D eigenvalue weighted by molar-refractivity contribution is 0.577. The van der Waals surface area contributed by atoms with Gasteiger partial charge in [0.05, 0.1) is 11.4 Å². The maximum Gasteiger partial charge on any atom is 0.0633 e. The van der Waals surface area contributed by atoms with Crippen LogP contribution >= 0.6 is 11.6 Å². The van der Waals surface area contributed by atoms with Gasteiger partial charge in [0.1, 0.15) is 0 Å². The van der Waals surface area contributed by atoms with E-state index < -0.39 is 0 Å². The summed E-state index contributed by atoms with van der Waals surface area (Å²) in [5.41, 5.74) is 10.4. The zero-order valence-electron chi connectivity index (χ0n) is 10.0. The lowest BCUT2D eigenvalue weighted by Crippen LogP contribution is -2.30. The minimum absolute atomic E-state index is 0.774. The molecule has 0 spiro atoms. The SMILES string of the molecule is Cc1cc(Cl)c(C)c(N)c1N1CCCCC1. The van der Waals surface area contributed by atoms with Crippen LogP contribution in [0.15, 0.2) is 6.07 Å². The summed E-state index contributed by atoms with van der Waals surface area (Å²) in [5.74, 6) is 0. The highest BCUT2D eigenvalue weighted by Crippen LogP contribution is 2.36. The monoisotopic (exact) mass is 238 g/mol. The van der Waals surface area contributed by atoms with Crippen LogP contribution in [0.5, 0.6) is 0 Å². The number of hydrogen-bond donors (Lipinski definition) is 1. The van der Waals surface area contributed by atoms with Crippen molar-refractivity contribution < 1.29 is 0 Å². The molecule has 2 N–H and O–H groups in total. The fourth-order valence-electron chi connectivity index (χ4n) is 2.42. The van der Waals surface area contributed by atoms with Gasteiger partial charge >= 0.3 is 0 Å². The molecular weight excluding hydrogens is 220 g/mol. The zero-order valence-corrected chi connectivity index (χ0v) is 10.8. The third-order valence-corrected chi connectivity index (χ3v) is 3.80. The van der Waals surface area contributed by atoms with Gasteiger partial charge in [-0.05, 0) is 50.3 Å². The number of nitrogen functional groups attached to an aromatic ring is 1. The molecule has 0 amide bonds. The van der Waals surface area contributed by atoms with Crippen LogP contribution in [0.25, 0.3) is 0 Å². The normalized spacial score (nSPS) is 16.6. The molecule has 1 aliphatic rings. The summed E-state index contributed by atoms with van der Waals surface area (Å²) in [4.78, 5) is 2.40. The molecule has 88 valence electrons. The number of hydrogen-bond acceptors (Lipinski definition) is 2. The van der Waals surface area contributed by atoms with E-state index in [4.69, 9.17) is 17.3 Å². The van der Waals surface area contributed by atoms with E-state index in [2.05, 4.69) is 11.8 Å². The largest absolute Gasteiger partial charge is 0.397 e. The Labute approximate surface area is 102 Å². The Morgan fingerprint density at radius 2 is 1.81 bits per heavy atom. The molecule has 0 radical (unpaired) electrons. The Bertz CT molecular complexity index is 395. The highest BCUT2D eigenvalue weighted by atomic mass is 35.5. The van der Waals surface area contributed by atoms with Gasteiger partial charge in [0.15, 0.2) is 0 Å². The number of rotatable bonds is 1. The van der Waals surface area contributed by atoms with Crippen molar-refractivity contribution >= 4 is 23.0 Å². The Hall–Kier alpha value is -0.890. The first-order chi connectivity index (χ1) is 7.61. The van der Waals surface area contributed by atoms with Crippen molar-refractivity contribution in [3.63, 3.8) is 0 Å². The number of halogens is 1. The van der Waals surface area contributed by atoms with Gasteiger partial charge in [0.2, 0.25) is 0 Å². The molecule has 16 heavy (non-hydrogen) atoms. The average Bonchev–Trinajstić information content (AvgIpc) is 2.28. The number of nitrogens with two attached hydrogens (primary N) is 1. The second-order valence-corrected chi connectivity index (χ2v) is 5.02. The summed E-state index contributed by atoms with van der Waals surface area (Å²) in [5, 5.41) is 0.774. The average molecular weight is 239 g/mol. The third-order valence-electron chi connectivity index (χ3n) is 3.41. The van der Waals surface area contributed by atoms with Crippen LogP contribution in [0.1, 0.15) is 30.4 Å². The van der Waals surface area contributed by atoms with Crippen molar-refractivity contribution in [1.82, 2.24) is 0 Å². The fraction of sp³-hybridized carbons (Fsp3) is 0.538. The standard InChI is InChI=1S/C13H19ClN2/c1-9-8-11(14)10(2)12(15)13(9)16-6-4-3-5-7-16/h8H,3-7,15H2,1-2H3. The molecule has 2 rings (SSSR count). The predicted molar refractivity (Wildman–Crippen MR) is 71.4 cm³/mol. The molecule has 1 aromatic rings. The molecule has 1 heterocycles. The van der Waals surface area contributed by atoms with Gasteiger partial charge in [-0.15, -0.1) is 0 Å². The van der Waals surface area contributed by atoms with E-state index in [1.165, 1.54) is 30.5 Å². The molecule has 1 aliphatic heterocycles. The van der Waals surface area contributed by atoms with Gasteiger partial charge in [0, 0.05) is 18.1 Å². The van der Waals surface area contributed by atoms with E-state index in [-0.39, 0.29) is 0 Å². The first kappa shape index (κ1) is 11.6. The Morgan fingerprint density at radius 3 is 2.44 bits per heavy atom. The van der Waals surface area contributed by atoms with Crippen LogP contribution in [-0.2, 0) is 0 Å². The van der Waals surface area contributed by atoms with E-state index in [1.54, 1.807) is 0 Å². The lowest BCUT2D eigenvalue weighted by Gasteiger charge is -2.32. The second kappa shape index (κ2) is 4.54. The van der Waals surface area contributed by atoms with Gasteiger partial charge in [0.25, 0.3) is 0 Å². The summed E-state index contributed by atoms with van der Waals surface area (Å²) in [6.07, 6.45) is 3.86. The quantitative estimate of drug-likeness (QED) is 0.759. The summed E-state index contributed by atoms with van der Waals surface area (Å²) in [6.45, 7) is 6.31. The van der Waals surface area contributed by atoms with Crippen molar-refractivity contribution in [3.8, 4) is 0 Å². The summed E-state index contributed by atoms with van der Waals surface area (Å²) >= 11 is 6.13. The maximum absolute atomic E-state index is 6.19. The third kappa shape index (κ3) is 1.99. The van der Waals surface area contributed by atoms with E-state index in [0.717, 1.165) is 29.4 Å². The van der Waals surface area contributed by atoms with Crippen LogP contribution in [0.2, 0.25) is 5.02 Å². The number of anilines is 2. The molecule has 0 atom stereocenters. The highest BCUT2D eigenvalue weighted by molar-refractivity contribution is 6.32. The minimum Gasteiger partial charge on any atom is -0.397 e. The van der Waals surface area contributed by atoms with Crippen molar-refractivity contribution in [1.29, 1.82) is 0 Å². The van der Waals surface area contributed by atoms with Crippen LogP contribution in [-0.4, -0.2) is 13.1 Å². The first-order valence-electron chi connectivity index (χ1n) is 5.91. The lowest BCUT2D eigenvalue weighted by atomic mass is 10.0. The highest BCUT2D eigenvalue weighted by Gasteiger charge is 2.18. The number of piperidine rings is 1. The molecule has 0 aliphatic carbocycles. The number of benzene rings is 1. The van der Waals surface area contributed by atoms with Gasteiger partial charge < -0.3 is 10.6 Å². The fourth-order valence-corrected chi connectivity index (χ4v) is 2.69. The van der Waals surface area contributed by atoms with Gasteiger partial charge in [-0.1, -0.05) is 11.6 Å². The molecule has 2 nitrogen and oxygen atoms in total. The Balaban J connectivity index is 2.42. The number of aryl methyl sites for hydroxylation is 1. The second-order valence-electron chi connectivity index (χ2n) is 4.61. The summed E-state index contributed by atoms with van der Waals surface area (Å²) in [6, 6.07) is 2.02. The molecule has 3 heteroatoms. The Morgan fingerprint density at radius 1 is 1.19 bits per heavy atom. The van der Waals surface area contributed by atoms with Crippen LogP contribution < -0.4 is 10.6 Å². The van der Waals surface area contributed by atoms with Crippen LogP contribution in [0.3, 0.4) is 0 Å². The van der Waals surface area contributed by atoms with E-state index in [0.29, 0.717) is 0 Å². The van der Waals surface area contributed by atoms with Gasteiger partial charge in [-0.3, -0.25) is 0 Å². The molecule has 1 saturated heterocycles. The van der Waals surface area contributed by atoms with Crippen molar-refractivity contribution in [3.05, 3.63) is 22.2 Å². The van der Waals surface area contributed by atoms with Crippen LogP contribution in [0.4, 0.5) is 11.4 Å². The molecule has 0 aromatic heterocycles. The number of nitrogens with zero attached hydrogens (tertiary/aromatic N) is 1. The van der Waals surface area contributed by atoms with Gasteiger partial charge in [-0.2, -0.15) is 0 Å². The van der Waals surface area contributed by atoms with Crippen molar-refractivity contribution in [2.45, 2.75) is 33.1 Å². The van der Waals surface area contributed by atoms with E-state index in [9.17, 15) is 0 Å². The van der Waals surface area contributed by atoms with Gasteiger partial charge in [-0.25, -0.2) is 0 Å². The Kier molecular flexibility index (Phi) is 3.29. The topological polar surface area (TPSA) is 29.3 Å². The summed E-state index contributed by atoms with van der Waals surface area (Å²) < 4.78 is 0. The predicted octanol–water partition coefficient (Wildman–Crippen LogP) is 3.53. The molecule has 0 saturated carbocycles. The molecule has 1 aromatic carbocycles. The van der Waals surface area contributed by atoms with Crippen molar-refractivity contribution in [2.24, 2.45) is 0 Å². The molecule has 0 bridgehead atoms. The van der Waals surface area contributed by atoms with E-state index in [1.807, 2.05) is 13.0 Å². The molecular formula is C13H19ClN2. The molecule has 0 unspecified atom stereocenters. The zero-order chi connectivity index (χ0) is 11.7. The van der Waals surface area contributed by atoms with Crippen molar-refractivity contribution in [2.75, 3.05) is 23.7 Å². The smallest absolute Gasteiger partial charge is 0.0633 e. The molecule has 1 fully saturated rings.